The number of carbonyl (C=O) groups excluding carboxylic acids is 2. The van der Waals surface area contributed by atoms with E-state index in [-0.39, 0.29) is 0 Å². The third-order valence-electron chi connectivity index (χ3n) is 12.9. The summed E-state index contributed by atoms with van der Waals surface area (Å²) in [6, 6.07) is -3.32. The molecule has 5 heterocycles. The Labute approximate surface area is 414 Å². The predicted octanol–water partition coefficient (Wildman–Crippen LogP) is -14.2. The molecule has 426 valence electrons. The SMILES string of the molecule is CC(=O)N[C@H]1[C@H](OC[C@H]2O[C@@H](O[C@@H]([C@H](O)[C@@H](O)CO)[C@H](O)CO)[C@H](O)[C@@H](O[C@@H]3O[C@H](CO)[C@H](O)[C@H](O[C@@H]4O[C@H](CO)[C@@H](O)[C@H](O)[C@H]4NC(C)=O)[C@H]3O)[C@H]2O)O[C@H](CO)[C@@H](O[C@@H]2O[C@H](CO)[C@H](O)[C@H](O)[C@H]2O)[C@@H]1O. The fourth-order valence-electron chi connectivity index (χ4n) is 8.81. The predicted molar refractivity (Wildman–Crippen MR) is 225 cm³/mol. The zero-order chi connectivity index (χ0) is 54.3. The molecule has 0 aromatic rings. The maximum Gasteiger partial charge on any atom is 0.217 e. The Morgan fingerprint density at radius 1 is 0.438 bits per heavy atom. The number of nitrogens with one attached hydrogen (secondary N) is 2. The van der Waals surface area contributed by atoms with Gasteiger partial charge in [-0.3, -0.25) is 9.59 Å². The van der Waals surface area contributed by atoms with Crippen molar-refractivity contribution in [3.8, 4) is 0 Å². The average Bonchev–Trinajstić information content (AvgIpc) is 3.36. The first-order chi connectivity index (χ1) is 34.5. The molecule has 2 amide bonds. The number of hydrogen-bond donors (Lipinski definition) is 21. The van der Waals surface area contributed by atoms with Crippen LogP contribution in [0.1, 0.15) is 13.8 Å². The van der Waals surface area contributed by atoms with Gasteiger partial charge in [-0.05, 0) is 0 Å². The molecule has 21 N–H and O–H groups in total. The van der Waals surface area contributed by atoms with Gasteiger partial charge in [-0.1, -0.05) is 0 Å². The molecule has 73 heavy (non-hydrogen) atoms. The van der Waals surface area contributed by atoms with Crippen molar-refractivity contribution in [3.63, 3.8) is 0 Å². The number of aliphatic hydroxyl groups excluding tert-OH is 19. The van der Waals surface area contributed by atoms with Crippen LogP contribution in [0.4, 0.5) is 0 Å². The quantitative estimate of drug-likeness (QED) is 0.0479. The fraction of sp³-hybridized carbons (Fsp3) is 0.950. The second kappa shape index (κ2) is 27.4. The number of ether oxygens (including phenoxy) is 10. The fourth-order valence-corrected chi connectivity index (χ4v) is 8.81. The van der Waals surface area contributed by atoms with Crippen LogP contribution in [0.5, 0.6) is 0 Å². The third-order valence-corrected chi connectivity index (χ3v) is 12.9. The van der Waals surface area contributed by atoms with E-state index in [4.69, 9.17) is 47.4 Å². The van der Waals surface area contributed by atoms with Crippen LogP contribution in [-0.2, 0) is 57.0 Å². The Balaban J connectivity index is 1.44. The lowest BCUT2D eigenvalue weighted by atomic mass is 9.94. The minimum Gasteiger partial charge on any atom is -0.394 e. The molecule has 0 unspecified atom stereocenters. The Bertz CT molecular complexity index is 1700. The van der Waals surface area contributed by atoms with E-state index in [1.54, 1.807) is 0 Å². The molecular formula is C40H70N2O31. The first-order valence-corrected chi connectivity index (χ1v) is 23.0. The highest BCUT2D eigenvalue weighted by Crippen LogP contribution is 2.35. The summed E-state index contributed by atoms with van der Waals surface area (Å²) in [6.45, 7) is -5.05. The minimum atomic E-state index is -2.35. The van der Waals surface area contributed by atoms with Gasteiger partial charge in [0.1, 0.15) is 146 Å². The lowest BCUT2D eigenvalue weighted by molar-refractivity contribution is -0.384. The van der Waals surface area contributed by atoms with E-state index in [9.17, 15) is 107 Å². The molecular weight excluding hydrogens is 1000 g/mol. The summed E-state index contributed by atoms with van der Waals surface area (Å²) < 4.78 is 57.0. The van der Waals surface area contributed by atoms with Crippen molar-refractivity contribution in [1.29, 1.82) is 0 Å². The molecule has 0 aliphatic carbocycles. The standard InChI is InChI=1S/C40H70N2O31/c1-10(49)41-19-26(58)22(54)14(5-45)65-37(19)72-34-24(56)16(7-47)67-39(30(34)62)73-35-25(57)18(69-40(31(35)63)70-32(13(52)4-44)21(53)12(51)3-43)9-64-36-20(42-11(2)50)27(59)33(17(8-48)68-36)71-38-29(61)28(60)23(55)15(6-46)66-38/h12-40,43-48,51-63H,3-9H2,1-2H3,(H,41,49)(H,42,50)/t12-,13+,14+,15+,16+,17+,18+,19+,20+,21+,22+,23-,24-,25-,26+,27+,28-,29+,30+,31+,32+,33+,34-,35-,36+,37-,38-,39-,40-/m0/s1. The molecule has 5 saturated heterocycles. The van der Waals surface area contributed by atoms with Crippen LogP contribution in [0.2, 0.25) is 0 Å². The van der Waals surface area contributed by atoms with E-state index in [0.29, 0.717) is 0 Å². The maximum absolute atomic E-state index is 12.5. The van der Waals surface area contributed by atoms with Crippen LogP contribution in [-0.4, -0.2) is 333 Å². The van der Waals surface area contributed by atoms with Crippen LogP contribution in [0.15, 0.2) is 0 Å². The molecule has 0 saturated carbocycles. The van der Waals surface area contributed by atoms with Crippen LogP contribution < -0.4 is 10.6 Å². The van der Waals surface area contributed by atoms with E-state index >= 15 is 0 Å². The van der Waals surface area contributed by atoms with Crippen LogP contribution in [0.3, 0.4) is 0 Å². The summed E-state index contributed by atoms with van der Waals surface area (Å²) in [7, 11) is 0. The number of hydrogen-bond acceptors (Lipinski definition) is 31. The third kappa shape index (κ3) is 14.1. The highest BCUT2D eigenvalue weighted by atomic mass is 16.8. The minimum absolute atomic E-state index is 0.779. The summed E-state index contributed by atoms with van der Waals surface area (Å²) >= 11 is 0. The zero-order valence-electron chi connectivity index (χ0n) is 39.1. The van der Waals surface area contributed by atoms with Crippen LogP contribution >= 0.6 is 0 Å². The molecule has 0 aromatic heterocycles. The lowest BCUT2D eigenvalue weighted by Crippen LogP contribution is -2.69. The average molecular weight is 1070 g/mol. The molecule has 5 rings (SSSR count). The summed E-state index contributed by atoms with van der Waals surface area (Å²) in [5, 5.41) is 206. The highest BCUT2D eigenvalue weighted by molar-refractivity contribution is 5.73. The van der Waals surface area contributed by atoms with Gasteiger partial charge in [0, 0.05) is 13.8 Å². The zero-order valence-corrected chi connectivity index (χ0v) is 39.1. The summed E-state index contributed by atoms with van der Waals surface area (Å²) in [4.78, 5) is 24.5. The molecule has 0 spiro atoms. The number of aliphatic hydroxyl groups is 19. The van der Waals surface area contributed by atoms with Crippen molar-refractivity contribution >= 4 is 11.8 Å². The van der Waals surface area contributed by atoms with Gasteiger partial charge in [-0.25, -0.2) is 0 Å². The molecule has 5 aliphatic heterocycles. The largest absolute Gasteiger partial charge is 0.394 e. The second-order valence-corrected chi connectivity index (χ2v) is 18.0. The van der Waals surface area contributed by atoms with Crippen molar-refractivity contribution in [3.05, 3.63) is 0 Å². The van der Waals surface area contributed by atoms with Crippen molar-refractivity contribution in [2.45, 2.75) is 192 Å². The molecule has 0 bridgehead atoms. The van der Waals surface area contributed by atoms with Gasteiger partial charge < -0.3 is 155 Å². The molecule has 5 fully saturated rings. The van der Waals surface area contributed by atoms with Gasteiger partial charge in [0.05, 0.1) is 46.2 Å². The van der Waals surface area contributed by atoms with E-state index < -0.39 is 236 Å². The molecule has 0 radical (unpaired) electrons. The number of amides is 2. The summed E-state index contributed by atoms with van der Waals surface area (Å²) in [5.41, 5.74) is 0. The van der Waals surface area contributed by atoms with E-state index in [2.05, 4.69) is 10.6 Å². The van der Waals surface area contributed by atoms with E-state index in [0.717, 1.165) is 13.8 Å². The number of rotatable bonds is 22. The van der Waals surface area contributed by atoms with Gasteiger partial charge >= 0.3 is 0 Å². The topological polar surface area (TPSA) is 535 Å². The van der Waals surface area contributed by atoms with Crippen LogP contribution in [0.25, 0.3) is 0 Å². The van der Waals surface area contributed by atoms with Crippen molar-refractivity contribution < 1.29 is 154 Å². The Hall–Kier alpha value is -2.22. The van der Waals surface area contributed by atoms with E-state index in [1.165, 1.54) is 0 Å². The van der Waals surface area contributed by atoms with Crippen LogP contribution in [0, 0.1) is 0 Å². The molecule has 0 aromatic carbocycles. The van der Waals surface area contributed by atoms with Crippen molar-refractivity contribution in [2.75, 3.05) is 46.2 Å². The van der Waals surface area contributed by atoms with E-state index in [1.807, 2.05) is 0 Å². The first kappa shape index (κ1) is 61.6. The lowest BCUT2D eigenvalue weighted by Gasteiger charge is -2.49. The van der Waals surface area contributed by atoms with Gasteiger partial charge in [0.25, 0.3) is 0 Å². The second-order valence-electron chi connectivity index (χ2n) is 18.0. The van der Waals surface area contributed by atoms with Gasteiger partial charge in [0.2, 0.25) is 11.8 Å². The Morgan fingerprint density at radius 2 is 0.849 bits per heavy atom. The molecule has 33 heteroatoms. The summed E-state index contributed by atoms with van der Waals surface area (Å²) in [6.07, 6.45) is -53.1. The molecule has 33 nitrogen and oxygen atoms in total. The molecule has 5 aliphatic rings. The monoisotopic (exact) mass is 1070 g/mol. The van der Waals surface area contributed by atoms with Gasteiger partial charge in [-0.15, -0.1) is 0 Å². The maximum atomic E-state index is 12.5. The Kier molecular flexibility index (Phi) is 23.1. The van der Waals surface area contributed by atoms with Gasteiger partial charge in [0.15, 0.2) is 31.5 Å². The number of carbonyl (C=O) groups is 2. The normalized spacial score (nSPS) is 45.2. The van der Waals surface area contributed by atoms with Crippen molar-refractivity contribution in [2.24, 2.45) is 0 Å². The smallest absolute Gasteiger partial charge is 0.217 e. The van der Waals surface area contributed by atoms with Crippen molar-refractivity contribution in [1.82, 2.24) is 10.6 Å². The first-order valence-electron chi connectivity index (χ1n) is 23.0. The highest BCUT2D eigenvalue weighted by Gasteiger charge is 2.57. The Morgan fingerprint density at radius 3 is 1.37 bits per heavy atom. The van der Waals surface area contributed by atoms with Gasteiger partial charge in [-0.2, -0.15) is 0 Å². The summed E-state index contributed by atoms with van der Waals surface area (Å²) in [5.74, 6) is -1.60. The molecule has 29 atom stereocenters.